The molecular weight excluding hydrogens is 270 g/mol. The molecule has 4 atom stereocenters. The van der Waals surface area contributed by atoms with Gasteiger partial charge in [-0.15, -0.1) is 0 Å². The monoisotopic (exact) mass is 291 g/mol. The molecule has 2 bridgehead atoms. The fourth-order valence-corrected chi connectivity index (χ4v) is 3.81. The smallest absolute Gasteiger partial charge is 0.308 e. The van der Waals surface area contributed by atoms with Gasteiger partial charge in [0.05, 0.1) is 19.1 Å². The van der Waals surface area contributed by atoms with E-state index >= 15 is 0 Å². The zero-order valence-corrected chi connectivity index (χ0v) is 12.1. The molecule has 2 N–H and O–H groups in total. The van der Waals surface area contributed by atoms with Gasteiger partial charge in [0, 0.05) is 18.6 Å². The molecule has 2 aliphatic rings. The van der Waals surface area contributed by atoms with Crippen molar-refractivity contribution < 1.29 is 19.7 Å². The zero-order valence-electron chi connectivity index (χ0n) is 12.1. The van der Waals surface area contributed by atoms with Crippen LogP contribution in [0.5, 0.6) is 5.75 Å². The lowest BCUT2D eigenvalue weighted by Gasteiger charge is -2.25. The van der Waals surface area contributed by atoms with Gasteiger partial charge in [-0.1, -0.05) is 12.1 Å². The number of aliphatic carboxylic acids is 1. The van der Waals surface area contributed by atoms with Gasteiger partial charge in [-0.2, -0.15) is 0 Å². The zero-order chi connectivity index (χ0) is 15.0. The van der Waals surface area contributed by atoms with Gasteiger partial charge < -0.3 is 14.9 Å². The minimum Gasteiger partial charge on any atom is -0.497 e. The van der Waals surface area contributed by atoms with E-state index in [0.717, 1.165) is 24.2 Å². The summed E-state index contributed by atoms with van der Waals surface area (Å²) in [6, 6.07) is 7.78. The van der Waals surface area contributed by atoms with Crippen LogP contribution < -0.4 is 4.74 Å². The highest BCUT2D eigenvalue weighted by Crippen LogP contribution is 2.42. The summed E-state index contributed by atoms with van der Waals surface area (Å²) in [4.78, 5) is 13.5. The summed E-state index contributed by atoms with van der Waals surface area (Å²) in [5, 5.41) is 19.7. The third kappa shape index (κ3) is 2.63. The third-order valence-electron chi connectivity index (χ3n) is 4.86. The minimum atomic E-state index is -0.705. The second-order valence-electron chi connectivity index (χ2n) is 5.97. The highest BCUT2D eigenvalue weighted by Gasteiger charge is 2.49. The Kier molecular flexibility index (Phi) is 3.87. The van der Waals surface area contributed by atoms with E-state index in [2.05, 4.69) is 4.90 Å². The molecule has 1 aromatic rings. The maximum Gasteiger partial charge on any atom is 0.308 e. The number of aliphatic hydroxyl groups is 1. The quantitative estimate of drug-likeness (QED) is 0.863. The maximum atomic E-state index is 11.3. The van der Waals surface area contributed by atoms with E-state index in [-0.39, 0.29) is 12.0 Å². The number of rotatable bonds is 5. The summed E-state index contributed by atoms with van der Waals surface area (Å²) >= 11 is 0. The molecule has 0 radical (unpaired) electrons. The van der Waals surface area contributed by atoms with E-state index in [1.165, 1.54) is 0 Å². The van der Waals surface area contributed by atoms with Crippen LogP contribution in [0, 0.1) is 5.92 Å². The summed E-state index contributed by atoms with van der Waals surface area (Å²) in [7, 11) is 1.60. The van der Waals surface area contributed by atoms with Gasteiger partial charge in [-0.3, -0.25) is 9.69 Å². The summed E-state index contributed by atoms with van der Waals surface area (Å²) in [5.41, 5.74) is 0.813. The van der Waals surface area contributed by atoms with Crippen LogP contribution in [-0.2, 0) is 4.79 Å². The fraction of sp³-hybridized carbons (Fsp3) is 0.562. The molecule has 2 fully saturated rings. The number of carbonyl (C=O) groups is 1. The molecule has 0 spiro atoms. The Bertz CT molecular complexity index is 533. The lowest BCUT2D eigenvalue weighted by atomic mass is 9.89. The molecule has 2 saturated heterocycles. The predicted molar refractivity (Wildman–Crippen MR) is 77.2 cm³/mol. The number of nitrogens with zero attached hydrogens (tertiary/aromatic N) is 1. The minimum absolute atomic E-state index is 0.0766. The van der Waals surface area contributed by atoms with E-state index in [9.17, 15) is 15.0 Å². The second kappa shape index (κ2) is 5.66. The van der Waals surface area contributed by atoms with Crippen molar-refractivity contribution in [2.45, 2.75) is 37.5 Å². The van der Waals surface area contributed by atoms with Gasteiger partial charge >= 0.3 is 5.97 Å². The van der Waals surface area contributed by atoms with Crippen molar-refractivity contribution in [3.05, 3.63) is 29.8 Å². The molecule has 2 aliphatic heterocycles. The van der Waals surface area contributed by atoms with Crippen LogP contribution in [0.25, 0.3) is 0 Å². The standard InChI is InChI=1S/C16H21NO4/c1-21-12-4-2-3-10(7-12)15(18)9-17-11-5-6-14(17)13(8-11)16(19)20/h2-4,7,11,13-15,18H,5-6,8-9H2,1H3,(H,19,20). The molecule has 2 heterocycles. The third-order valence-corrected chi connectivity index (χ3v) is 4.86. The fourth-order valence-electron chi connectivity index (χ4n) is 3.81. The normalized spacial score (nSPS) is 29.5. The Morgan fingerprint density at radius 1 is 1.48 bits per heavy atom. The van der Waals surface area contributed by atoms with Gasteiger partial charge in [0.15, 0.2) is 0 Å². The van der Waals surface area contributed by atoms with Crippen LogP contribution in [0.1, 0.15) is 30.9 Å². The van der Waals surface area contributed by atoms with Crippen LogP contribution in [-0.4, -0.2) is 46.8 Å². The topological polar surface area (TPSA) is 70.0 Å². The largest absolute Gasteiger partial charge is 0.497 e. The summed E-state index contributed by atoms with van der Waals surface area (Å²) in [5.74, 6) is -0.260. The Balaban J connectivity index is 1.70. The highest BCUT2D eigenvalue weighted by atomic mass is 16.5. The lowest BCUT2D eigenvalue weighted by Crippen LogP contribution is -2.35. The molecule has 114 valence electrons. The number of aliphatic hydroxyl groups excluding tert-OH is 1. The number of ether oxygens (including phenoxy) is 1. The van der Waals surface area contributed by atoms with Gasteiger partial charge in [0.2, 0.25) is 0 Å². The summed E-state index contributed by atoms with van der Waals surface area (Å²) in [6.45, 7) is 0.492. The molecule has 5 nitrogen and oxygen atoms in total. The van der Waals surface area contributed by atoms with Gasteiger partial charge in [0.25, 0.3) is 0 Å². The van der Waals surface area contributed by atoms with E-state index in [4.69, 9.17) is 4.74 Å². The Morgan fingerprint density at radius 2 is 2.29 bits per heavy atom. The van der Waals surface area contributed by atoms with Crippen molar-refractivity contribution in [1.29, 1.82) is 0 Å². The van der Waals surface area contributed by atoms with Crippen molar-refractivity contribution in [2.24, 2.45) is 5.92 Å². The number of carboxylic acids is 1. The lowest BCUT2D eigenvalue weighted by molar-refractivity contribution is -0.142. The molecular formula is C16H21NO4. The maximum absolute atomic E-state index is 11.3. The Morgan fingerprint density at radius 3 is 2.95 bits per heavy atom. The first-order valence-electron chi connectivity index (χ1n) is 7.40. The first-order chi connectivity index (χ1) is 10.1. The molecule has 0 aliphatic carbocycles. The van der Waals surface area contributed by atoms with Crippen LogP contribution in [0.3, 0.4) is 0 Å². The number of methoxy groups -OCH3 is 1. The number of carboxylic acid groups (broad SMARTS) is 1. The van der Waals surface area contributed by atoms with Crippen molar-refractivity contribution >= 4 is 5.97 Å². The Labute approximate surface area is 124 Å². The molecule has 0 aromatic heterocycles. The number of hydrogen-bond donors (Lipinski definition) is 2. The van der Waals surface area contributed by atoms with Crippen LogP contribution in [0.2, 0.25) is 0 Å². The first-order valence-corrected chi connectivity index (χ1v) is 7.40. The number of benzene rings is 1. The number of fused-ring (bicyclic) bond motifs is 2. The Hall–Kier alpha value is -1.59. The molecule has 0 saturated carbocycles. The van der Waals surface area contributed by atoms with Crippen LogP contribution in [0.4, 0.5) is 0 Å². The highest BCUT2D eigenvalue weighted by molar-refractivity contribution is 5.71. The van der Waals surface area contributed by atoms with Crippen molar-refractivity contribution in [1.82, 2.24) is 4.90 Å². The molecule has 4 unspecified atom stereocenters. The van der Waals surface area contributed by atoms with Gasteiger partial charge in [-0.05, 0) is 37.0 Å². The molecule has 0 amide bonds. The second-order valence-corrected chi connectivity index (χ2v) is 5.97. The van der Waals surface area contributed by atoms with Crippen LogP contribution in [0.15, 0.2) is 24.3 Å². The SMILES string of the molecule is COc1cccc(C(O)CN2C3CCC2C(C(=O)O)C3)c1. The van der Waals surface area contributed by atoms with Gasteiger partial charge in [-0.25, -0.2) is 0 Å². The molecule has 3 rings (SSSR count). The summed E-state index contributed by atoms with van der Waals surface area (Å²) in [6.07, 6.45) is 2.06. The molecule has 21 heavy (non-hydrogen) atoms. The predicted octanol–water partition coefficient (Wildman–Crippen LogP) is 1.67. The summed E-state index contributed by atoms with van der Waals surface area (Å²) < 4.78 is 5.18. The average molecular weight is 291 g/mol. The number of hydrogen-bond acceptors (Lipinski definition) is 4. The van der Waals surface area contributed by atoms with E-state index in [0.29, 0.717) is 19.0 Å². The van der Waals surface area contributed by atoms with Crippen molar-refractivity contribution in [2.75, 3.05) is 13.7 Å². The van der Waals surface area contributed by atoms with E-state index < -0.39 is 12.1 Å². The van der Waals surface area contributed by atoms with Crippen molar-refractivity contribution in [3.63, 3.8) is 0 Å². The van der Waals surface area contributed by atoms with Crippen molar-refractivity contribution in [3.8, 4) is 5.75 Å². The molecule has 5 heteroatoms. The van der Waals surface area contributed by atoms with E-state index in [1.54, 1.807) is 7.11 Å². The first kappa shape index (κ1) is 14.4. The van der Waals surface area contributed by atoms with Crippen LogP contribution >= 0.6 is 0 Å². The van der Waals surface area contributed by atoms with Gasteiger partial charge in [0.1, 0.15) is 5.75 Å². The van der Waals surface area contributed by atoms with E-state index in [1.807, 2.05) is 24.3 Å². The average Bonchev–Trinajstić information content (AvgIpc) is 3.04. The molecule has 1 aromatic carbocycles.